The molecule has 1 rings (SSSR count). The van der Waals surface area contributed by atoms with Crippen molar-refractivity contribution in [3.63, 3.8) is 0 Å². The molecule has 0 saturated heterocycles. The highest BCUT2D eigenvalue weighted by molar-refractivity contribution is 7.67. The van der Waals surface area contributed by atoms with Crippen molar-refractivity contribution in [2.45, 2.75) is 39.0 Å². The maximum atomic E-state index is 11.2. The summed E-state index contributed by atoms with van der Waals surface area (Å²) >= 11 is 0. The molecular formula is C13H19O2P. The fourth-order valence-electron chi connectivity index (χ4n) is 2.03. The van der Waals surface area contributed by atoms with Gasteiger partial charge in [-0.3, -0.25) is 0 Å². The fourth-order valence-corrected chi connectivity index (χ4v) is 5.04. The first-order valence-electron chi connectivity index (χ1n) is 5.55. The van der Waals surface area contributed by atoms with Crippen LogP contribution in [0.25, 0.3) is 0 Å². The van der Waals surface area contributed by atoms with Crippen molar-refractivity contribution in [3.05, 3.63) is 29.8 Å². The Kier molecular flexibility index (Phi) is 4.49. The summed E-state index contributed by atoms with van der Waals surface area (Å²) in [7, 11) is -0.408. The first-order chi connectivity index (χ1) is 7.45. The van der Waals surface area contributed by atoms with Gasteiger partial charge in [0.15, 0.2) is 0 Å². The van der Waals surface area contributed by atoms with E-state index in [9.17, 15) is 9.90 Å². The van der Waals surface area contributed by atoms with Gasteiger partial charge in [0.2, 0.25) is 0 Å². The van der Waals surface area contributed by atoms with Crippen molar-refractivity contribution < 1.29 is 9.90 Å². The van der Waals surface area contributed by atoms with Gasteiger partial charge in [0, 0.05) is 0 Å². The standard InChI is InChI=1S/C13H19O2P/c1-9(2)16(10(3)4)12-8-6-5-7-11(12)13(14)15/h5-10H,1-4H3,(H,14,15). The van der Waals surface area contributed by atoms with E-state index in [0.717, 1.165) is 5.30 Å². The summed E-state index contributed by atoms with van der Waals surface area (Å²) < 4.78 is 0. The Labute approximate surface area is 98.4 Å². The third kappa shape index (κ3) is 2.82. The number of carboxylic acid groups (broad SMARTS) is 1. The SMILES string of the molecule is CC(C)P(c1ccccc1C(=O)O)C(C)C. The third-order valence-corrected chi connectivity index (χ3v) is 5.70. The summed E-state index contributed by atoms with van der Waals surface area (Å²) in [4.78, 5) is 11.2. The van der Waals surface area contributed by atoms with Gasteiger partial charge in [-0.25, -0.2) is 4.79 Å². The molecule has 0 aromatic heterocycles. The van der Waals surface area contributed by atoms with Crippen LogP contribution < -0.4 is 5.30 Å². The van der Waals surface area contributed by atoms with Gasteiger partial charge < -0.3 is 5.11 Å². The number of benzene rings is 1. The molecule has 16 heavy (non-hydrogen) atoms. The second-order valence-electron chi connectivity index (χ2n) is 4.42. The van der Waals surface area contributed by atoms with Crippen LogP contribution in [0.4, 0.5) is 0 Å². The van der Waals surface area contributed by atoms with Crippen molar-refractivity contribution >= 4 is 19.2 Å². The van der Waals surface area contributed by atoms with Gasteiger partial charge in [0.05, 0.1) is 5.56 Å². The van der Waals surface area contributed by atoms with Crippen LogP contribution in [0, 0.1) is 0 Å². The molecule has 0 atom stereocenters. The van der Waals surface area contributed by atoms with Gasteiger partial charge in [0.25, 0.3) is 0 Å². The summed E-state index contributed by atoms with van der Waals surface area (Å²) in [6, 6.07) is 7.40. The van der Waals surface area contributed by atoms with Crippen LogP contribution in [0.2, 0.25) is 0 Å². The zero-order chi connectivity index (χ0) is 12.3. The molecule has 1 N–H and O–H groups in total. The molecule has 0 aliphatic rings. The lowest BCUT2D eigenvalue weighted by molar-refractivity contribution is 0.0698. The van der Waals surface area contributed by atoms with Gasteiger partial charge >= 0.3 is 5.97 Å². The van der Waals surface area contributed by atoms with Crippen LogP contribution in [-0.2, 0) is 0 Å². The summed E-state index contributed by atoms with van der Waals surface area (Å²) in [6.07, 6.45) is 0. The van der Waals surface area contributed by atoms with E-state index in [0.29, 0.717) is 16.9 Å². The van der Waals surface area contributed by atoms with Crippen LogP contribution in [0.3, 0.4) is 0 Å². The maximum Gasteiger partial charge on any atom is 0.336 e. The Morgan fingerprint density at radius 2 is 1.62 bits per heavy atom. The van der Waals surface area contributed by atoms with Crippen LogP contribution in [0.15, 0.2) is 24.3 Å². The van der Waals surface area contributed by atoms with Gasteiger partial charge in [-0.1, -0.05) is 53.8 Å². The lowest BCUT2D eigenvalue weighted by Gasteiger charge is -2.27. The zero-order valence-corrected chi connectivity index (χ0v) is 11.2. The number of hydrogen-bond donors (Lipinski definition) is 1. The molecule has 3 heteroatoms. The van der Waals surface area contributed by atoms with Gasteiger partial charge in [-0.15, -0.1) is 0 Å². The number of aromatic carboxylic acids is 1. The summed E-state index contributed by atoms with van der Waals surface area (Å²) in [5.74, 6) is -0.815. The average Bonchev–Trinajstić information content (AvgIpc) is 2.17. The fraction of sp³-hybridized carbons (Fsp3) is 0.462. The van der Waals surface area contributed by atoms with Gasteiger partial charge in [-0.05, 0) is 22.7 Å². The Morgan fingerprint density at radius 3 is 2.06 bits per heavy atom. The molecule has 0 radical (unpaired) electrons. The normalized spacial score (nSPS) is 11.4. The first-order valence-corrected chi connectivity index (χ1v) is 7.03. The smallest absolute Gasteiger partial charge is 0.336 e. The number of carbonyl (C=O) groups is 1. The highest BCUT2D eigenvalue weighted by Crippen LogP contribution is 2.45. The number of hydrogen-bond acceptors (Lipinski definition) is 1. The van der Waals surface area contributed by atoms with E-state index in [2.05, 4.69) is 27.7 Å². The van der Waals surface area contributed by atoms with E-state index in [-0.39, 0.29) is 0 Å². The van der Waals surface area contributed by atoms with Crippen molar-refractivity contribution in [1.82, 2.24) is 0 Å². The average molecular weight is 238 g/mol. The van der Waals surface area contributed by atoms with Gasteiger partial charge in [0.1, 0.15) is 0 Å². The second-order valence-corrected chi connectivity index (χ2v) is 7.78. The van der Waals surface area contributed by atoms with Crippen LogP contribution in [0.5, 0.6) is 0 Å². The highest BCUT2D eigenvalue weighted by Gasteiger charge is 2.23. The molecule has 1 aromatic carbocycles. The molecule has 0 spiro atoms. The number of carboxylic acids is 1. The molecule has 0 heterocycles. The predicted octanol–water partition coefficient (Wildman–Crippen LogP) is 3.31. The Bertz CT molecular complexity index is 364. The predicted molar refractivity (Wildman–Crippen MR) is 70.2 cm³/mol. The molecular weight excluding hydrogens is 219 g/mol. The molecule has 88 valence electrons. The quantitative estimate of drug-likeness (QED) is 0.817. The van der Waals surface area contributed by atoms with Crippen LogP contribution >= 0.6 is 7.92 Å². The minimum atomic E-state index is -0.815. The largest absolute Gasteiger partial charge is 0.478 e. The summed E-state index contributed by atoms with van der Waals surface area (Å²) in [6.45, 7) is 8.68. The van der Waals surface area contributed by atoms with Crippen LogP contribution in [-0.4, -0.2) is 22.4 Å². The highest BCUT2D eigenvalue weighted by atomic mass is 31.1. The summed E-state index contributed by atoms with van der Waals surface area (Å²) in [5, 5.41) is 10.2. The van der Waals surface area contributed by atoms with Crippen LogP contribution in [0.1, 0.15) is 38.1 Å². The van der Waals surface area contributed by atoms with E-state index in [1.165, 1.54) is 0 Å². The zero-order valence-electron chi connectivity index (χ0n) is 10.3. The molecule has 0 bridgehead atoms. The maximum absolute atomic E-state index is 11.2. The lowest BCUT2D eigenvalue weighted by atomic mass is 10.2. The third-order valence-electron chi connectivity index (χ3n) is 2.53. The van der Waals surface area contributed by atoms with E-state index < -0.39 is 13.9 Å². The minimum Gasteiger partial charge on any atom is -0.478 e. The van der Waals surface area contributed by atoms with Crippen molar-refractivity contribution in [2.24, 2.45) is 0 Å². The Hall–Kier alpha value is -0.880. The second kappa shape index (κ2) is 5.45. The van der Waals surface area contributed by atoms with E-state index in [1.54, 1.807) is 12.1 Å². The molecule has 0 fully saturated rings. The van der Waals surface area contributed by atoms with Gasteiger partial charge in [-0.2, -0.15) is 0 Å². The number of rotatable bonds is 4. The molecule has 0 unspecified atom stereocenters. The minimum absolute atomic E-state index is 0.408. The van der Waals surface area contributed by atoms with Crippen molar-refractivity contribution in [1.29, 1.82) is 0 Å². The summed E-state index contributed by atoms with van der Waals surface area (Å²) in [5.41, 5.74) is 1.49. The Morgan fingerprint density at radius 1 is 1.12 bits per heavy atom. The van der Waals surface area contributed by atoms with Crippen molar-refractivity contribution in [3.8, 4) is 0 Å². The van der Waals surface area contributed by atoms with E-state index in [4.69, 9.17) is 0 Å². The van der Waals surface area contributed by atoms with Crippen molar-refractivity contribution in [2.75, 3.05) is 0 Å². The first kappa shape index (κ1) is 13.2. The Balaban J connectivity index is 3.23. The molecule has 0 saturated carbocycles. The molecule has 0 amide bonds. The molecule has 1 aromatic rings. The lowest BCUT2D eigenvalue weighted by Crippen LogP contribution is -2.21. The van der Waals surface area contributed by atoms with E-state index >= 15 is 0 Å². The topological polar surface area (TPSA) is 37.3 Å². The van der Waals surface area contributed by atoms with E-state index in [1.807, 2.05) is 12.1 Å². The monoisotopic (exact) mass is 238 g/mol. The molecule has 2 nitrogen and oxygen atoms in total. The molecule has 0 aliphatic heterocycles. The molecule has 0 aliphatic carbocycles.